The molecule has 0 radical (unpaired) electrons. The van der Waals surface area contributed by atoms with Crippen LogP contribution in [0.25, 0.3) is 0 Å². The van der Waals surface area contributed by atoms with E-state index in [0.29, 0.717) is 50.0 Å². The van der Waals surface area contributed by atoms with Gasteiger partial charge < -0.3 is 23.7 Å². The van der Waals surface area contributed by atoms with Crippen molar-refractivity contribution in [2.75, 3.05) is 26.9 Å². The lowest BCUT2D eigenvalue weighted by atomic mass is 10.1. The van der Waals surface area contributed by atoms with Gasteiger partial charge in [0.2, 0.25) is 0 Å². The fourth-order valence-corrected chi connectivity index (χ4v) is 3.50. The van der Waals surface area contributed by atoms with Crippen molar-refractivity contribution in [1.29, 1.82) is 0 Å². The summed E-state index contributed by atoms with van der Waals surface area (Å²) in [5.74, 6) is 2.00. The van der Waals surface area contributed by atoms with Gasteiger partial charge in [0, 0.05) is 20.2 Å². The van der Waals surface area contributed by atoms with E-state index in [1.807, 2.05) is 30.2 Å². The number of hydrogen-bond donors (Lipinski definition) is 0. The highest BCUT2D eigenvalue weighted by Gasteiger charge is 2.33. The molecule has 1 unspecified atom stereocenters. The van der Waals surface area contributed by atoms with E-state index in [2.05, 4.69) is 9.55 Å². The first-order chi connectivity index (χ1) is 12.2. The normalized spacial score (nSPS) is 18.8. The second-order valence-corrected chi connectivity index (χ2v) is 6.20. The number of para-hydroxylation sites is 1. The molecule has 7 heteroatoms. The number of fused-ring (bicyclic) bond motifs is 2. The molecule has 132 valence electrons. The topological polar surface area (TPSA) is 65.8 Å². The van der Waals surface area contributed by atoms with E-state index in [0.717, 1.165) is 11.5 Å². The number of carbonyl (C=O) groups excluding carboxylic acids is 1. The molecule has 0 fully saturated rings. The molecular formula is C18H21N3O4. The molecule has 0 saturated heterocycles. The molecule has 25 heavy (non-hydrogen) atoms. The lowest BCUT2D eigenvalue weighted by Gasteiger charge is -2.35. The fourth-order valence-electron chi connectivity index (χ4n) is 3.50. The van der Waals surface area contributed by atoms with Gasteiger partial charge in [0.15, 0.2) is 11.5 Å². The van der Waals surface area contributed by atoms with Crippen LogP contribution in [0.5, 0.6) is 11.5 Å². The molecule has 1 aromatic carbocycles. The first-order valence-corrected chi connectivity index (χ1v) is 8.43. The number of carbonyl (C=O) groups is 1. The number of imidazole rings is 1. The molecule has 4 rings (SSSR count). The number of aromatic nitrogens is 2. The number of methoxy groups -OCH3 is 1. The summed E-state index contributed by atoms with van der Waals surface area (Å²) in [6.45, 7) is 4.80. The monoisotopic (exact) mass is 343 g/mol. The number of benzene rings is 1. The molecule has 0 bridgehead atoms. The van der Waals surface area contributed by atoms with Crippen LogP contribution >= 0.6 is 0 Å². The summed E-state index contributed by atoms with van der Waals surface area (Å²) in [4.78, 5) is 19.5. The highest BCUT2D eigenvalue weighted by atomic mass is 16.6. The average Bonchev–Trinajstić information content (AvgIpc) is 3.05. The van der Waals surface area contributed by atoms with Crippen LogP contribution in [0.3, 0.4) is 0 Å². The van der Waals surface area contributed by atoms with Gasteiger partial charge in [-0.15, -0.1) is 0 Å². The summed E-state index contributed by atoms with van der Waals surface area (Å²) in [6.07, 6.45) is 1.82. The molecule has 0 saturated carbocycles. The molecule has 1 amide bonds. The second kappa shape index (κ2) is 6.40. The maximum absolute atomic E-state index is 13.2. The van der Waals surface area contributed by atoms with Crippen LogP contribution in [0.15, 0.2) is 24.4 Å². The van der Waals surface area contributed by atoms with Crippen molar-refractivity contribution < 1.29 is 19.0 Å². The lowest BCUT2D eigenvalue weighted by molar-refractivity contribution is 0.0623. The van der Waals surface area contributed by atoms with Gasteiger partial charge in [-0.05, 0) is 19.1 Å². The summed E-state index contributed by atoms with van der Waals surface area (Å²) in [5.41, 5.74) is 1.58. The third-order valence-electron chi connectivity index (χ3n) is 4.72. The van der Waals surface area contributed by atoms with E-state index in [1.54, 1.807) is 13.2 Å². The van der Waals surface area contributed by atoms with Crippen LogP contribution in [-0.2, 0) is 17.9 Å². The van der Waals surface area contributed by atoms with Crippen molar-refractivity contribution in [3.63, 3.8) is 0 Å². The highest BCUT2D eigenvalue weighted by molar-refractivity contribution is 5.98. The van der Waals surface area contributed by atoms with Gasteiger partial charge in [-0.1, -0.05) is 6.07 Å². The van der Waals surface area contributed by atoms with Crippen LogP contribution in [0, 0.1) is 0 Å². The van der Waals surface area contributed by atoms with Crippen molar-refractivity contribution in [2.24, 2.45) is 0 Å². The summed E-state index contributed by atoms with van der Waals surface area (Å²) in [6, 6.07) is 5.33. The lowest BCUT2D eigenvalue weighted by Crippen LogP contribution is -2.41. The summed E-state index contributed by atoms with van der Waals surface area (Å²) < 4.78 is 18.6. The first kappa shape index (κ1) is 16.0. The maximum atomic E-state index is 13.2. The van der Waals surface area contributed by atoms with Gasteiger partial charge >= 0.3 is 0 Å². The zero-order chi connectivity index (χ0) is 17.4. The Morgan fingerprint density at radius 3 is 3.00 bits per heavy atom. The number of ether oxygens (including phenoxy) is 3. The Morgan fingerprint density at radius 1 is 1.32 bits per heavy atom. The maximum Gasteiger partial charge on any atom is 0.258 e. The SMILES string of the molecule is COCc1cnc2n1CCN(C(=O)c1cccc3c1OCCO3)C2C. The summed E-state index contributed by atoms with van der Waals surface area (Å²) in [5, 5.41) is 0. The van der Waals surface area contributed by atoms with Gasteiger partial charge in [-0.3, -0.25) is 4.79 Å². The molecule has 7 nitrogen and oxygen atoms in total. The summed E-state index contributed by atoms with van der Waals surface area (Å²) in [7, 11) is 1.67. The Morgan fingerprint density at radius 2 is 2.16 bits per heavy atom. The summed E-state index contributed by atoms with van der Waals surface area (Å²) >= 11 is 0. The van der Waals surface area contributed by atoms with Crippen LogP contribution in [0.2, 0.25) is 0 Å². The third kappa shape index (κ3) is 2.64. The number of hydrogen-bond acceptors (Lipinski definition) is 5. The second-order valence-electron chi connectivity index (χ2n) is 6.20. The van der Waals surface area contributed by atoms with Crippen molar-refractivity contribution in [2.45, 2.75) is 26.1 Å². The molecule has 2 aliphatic heterocycles. The van der Waals surface area contributed by atoms with Gasteiger partial charge in [0.1, 0.15) is 19.0 Å². The van der Waals surface area contributed by atoms with Crippen molar-refractivity contribution >= 4 is 5.91 Å². The van der Waals surface area contributed by atoms with E-state index in [-0.39, 0.29) is 11.9 Å². The van der Waals surface area contributed by atoms with E-state index >= 15 is 0 Å². The van der Waals surface area contributed by atoms with Crippen molar-refractivity contribution in [3.05, 3.63) is 41.5 Å². The fraction of sp³-hybridized carbons (Fsp3) is 0.444. The predicted octanol–water partition coefficient (Wildman–Crippen LogP) is 2.02. The predicted molar refractivity (Wildman–Crippen MR) is 89.8 cm³/mol. The molecule has 1 atom stereocenters. The molecule has 3 heterocycles. The molecular weight excluding hydrogens is 322 g/mol. The van der Waals surface area contributed by atoms with Crippen LogP contribution < -0.4 is 9.47 Å². The van der Waals surface area contributed by atoms with E-state index in [4.69, 9.17) is 14.2 Å². The highest BCUT2D eigenvalue weighted by Crippen LogP contribution is 2.36. The minimum absolute atomic E-state index is 0.0580. The third-order valence-corrected chi connectivity index (χ3v) is 4.72. The average molecular weight is 343 g/mol. The Balaban J connectivity index is 1.63. The number of rotatable bonds is 3. The van der Waals surface area contributed by atoms with Crippen molar-refractivity contribution in [3.8, 4) is 11.5 Å². The van der Waals surface area contributed by atoms with Crippen LogP contribution in [-0.4, -0.2) is 47.2 Å². The van der Waals surface area contributed by atoms with Gasteiger partial charge in [0.05, 0.1) is 30.1 Å². The molecule has 2 aromatic rings. The van der Waals surface area contributed by atoms with Gasteiger partial charge in [-0.25, -0.2) is 4.98 Å². The number of nitrogens with zero attached hydrogens (tertiary/aromatic N) is 3. The minimum atomic E-state index is -0.118. The van der Waals surface area contributed by atoms with Crippen LogP contribution in [0.1, 0.15) is 34.8 Å². The minimum Gasteiger partial charge on any atom is -0.486 e. The Kier molecular flexibility index (Phi) is 4.09. The molecule has 2 aliphatic rings. The van der Waals surface area contributed by atoms with Gasteiger partial charge in [-0.2, -0.15) is 0 Å². The Hall–Kier alpha value is -2.54. The number of amides is 1. The molecule has 0 spiro atoms. The molecule has 0 N–H and O–H groups in total. The zero-order valence-corrected chi connectivity index (χ0v) is 14.4. The standard InChI is InChI=1S/C18H21N3O4/c1-12-17-19-10-13(11-23-2)21(17)7-6-20(12)18(22)14-4-3-5-15-16(14)25-9-8-24-15/h3-5,10,12H,6-9,11H2,1-2H3. The Bertz CT molecular complexity index is 802. The largest absolute Gasteiger partial charge is 0.486 e. The van der Waals surface area contributed by atoms with Gasteiger partial charge in [0.25, 0.3) is 5.91 Å². The quantitative estimate of drug-likeness (QED) is 0.853. The zero-order valence-electron chi connectivity index (χ0n) is 14.4. The Labute approximate surface area is 146 Å². The first-order valence-electron chi connectivity index (χ1n) is 8.43. The smallest absolute Gasteiger partial charge is 0.258 e. The van der Waals surface area contributed by atoms with E-state index < -0.39 is 0 Å². The van der Waals surface area contributed by atoms with E-state index in [1.165, 1.54) is 0 Å². The van der Waals surface area contributed by atoms with Crippen molar-refractivity contribution in [1.82, 2.24) is 14.5 Å². The van der Waals surface area contributed by atoms with Crippen LogP contribution in [0.4, 0.5) is 0 Å². The molecule has 0 aliphatic carbocycles. The molecule has 1 aromatic heterocycles. The van der Waals surface area contributed by atoms with E-state index in [9.17, 15) is 4.79 Å².